The van der Waals surface area contributed by atoms with E-state index in [1.54, 1.807) is 0 Å². The van der Waals surface area contributed by atoms with Gasteiger partial charge in [-0.2, -0.15) is 4.31 Å². The standard InChI is InChI=1S/C16H14F2N2O4S/c1-20(8-10-2-3-11(17)6-13(10)18)25(22,23)12-4-5-15-14(7-12)19-16(21)9-24-15/h2-7H,8-9H2,1H3,(H,19,21). The van der Waals surface area contributed by atoms with Crippen molar-refractivity contribution in [3.05, 3.63) is 53.6 Å². The molecule has 132 valence electrons. The number of sulfonamides is 1. The highest BCUT2D eigenvalue weighted by Crippen LogP contribution is 2.31. The van der Waals surface area contributed by atoms with Gasteiger partial charge in [0.15, 0.2) is 6.61 Å². The average molecular weight is 368 g/mol. The molecule has 0 radical (unpaired) electrons. The SMILES string of the molecule is CN(Cc1ccc(F)cc1F)S(=O)(=O)c1ccc2c(c1)NC(=O)CO2. The van der Waals surface area contributed by atoms with Crippen LogP contribution in [0.5, 0.6) is 5.75 Å². The lowest BCUT2D eigenvalue weighted by atomic mass is 10.2. The molecule has 0 spiro atoms. The molecular weight excluding hydrogens is 354 g/mol. The van der Waals surface area contributed by atoms with E-state index in [4.69, 9.17) is 4.74 Å². The molecule has 9 heteroatoms. The van der Waals surface area contributed by atoms with Crippen molar-refractivity contribution in [1.29, 1.82) is 0 Å². The first-order valence-electron chi connectivity index (χ1n) is 7.24. The van der Waals surface area contributed by atoms with Gasteiger partial charge in [-0.25, -0.2) is 17.2 Å². The minimum Gasteiger partial charge on any atom is -0.482 e. The second-order valence-electron chi connectivity index (χ2n) is 5.49. The Bertz CT molecular complexity index is 947. The third kappa shape index (κ3) is 3.47. The van der Waals surface area contributed by atoms with Gasteiger partial charge >= 0.3 is 0 Å². The Hall–Kier alpha value is -2.52. The Morgan fingerprint density at radius 2 is 1.96 bits per heavy atom. The van der Waals surface area contributed by atoms with Gasteiger partial charge in [-0.05, 0) is 24.3 Å². The Morgan fingerprint density at radius 1 is 1.20 bits per heavy atom. The summed E-state index contributed by atoms with van der Waals surface area (Å²) in [7, 11) is -2.66. The summed E-state index contributed by atoms with van der Waals surface area (Å²) in [5, 5.41) is 2.53. The molecule has 0 bridgehead atoms. The van der Waals surface area contributed by atoms with E-state index in [9.17, 15) is 22.0 Å². The number of rotatable bonds is 4. The molecule has 0 aromatic heterocycles. The highest BCUT2D eigenvalue weighted by Gasteiger charge is 2.25. The smallest absolute Gasteiger partial charge is 0.262 e. The van der Waals surface area contributed by atoms with Crippen LogP contribution in [0.15, 0.2) is 41.3 Å². The summed E-state index contributed by atoms with van der Waals surface area (Å²) < 4.78 is 58.1. The monoisotopic (exact) mass is 368 g/mol. The van der Waals surface area contributed by atoms with Crippen molar-refractivity contribution in [2.75, 3.05) is 19.0 Å². The zero-order valence-corrected chi connectivity index (χ0v) is 13.9. The van der Waals surface area contributed by atoms with Crippen molar-refractivity contribution in [1.82, 2.24) is 4.31 Å². The van der Waals surface area contributed by atoms with Crippen LogP contribution in [0.4, 0.5) is 14.5 Å². The summed E-state index contributed by atoms with van der Waals surface area (Å²) in [5.41, 5.74) is 0.292. The number of carbonyl (C=O) groups excluding carboxylic acids is 1. The summed E-state index contributed by atoms with van der Waals surface area (Å²) >= 11 is 0. The summed E-state index contributed by atoms with van der Waals surface area (Å²) in [6.07, 6.45) is 0. The second kappa shape index (κ2) is 6.41. The number of amides is 1. The Balaban J connectivity index is 1.88. The molecule has 0 saturated carbocycles. The molecule has 1 aliphatic heterocycles. The van der Waals surface area contributed by atoms with Crippen LogP contribution in [0.1, 0.15) is 5.56 Å². The van der Waals surface area contributed by atoms with Crippen LogP contribution in [0.2, 0.25) is 0 Å². The van der Waals surface area contributed by atoms with Gasteiger partial charge in [0.05, 0.1) is 10.6 Å². The van der Waals surface area contributed by atoms with E-state index >= 15 is 0 Å². The van der Waals surface area contributed by atoms with Gasteiger partial charge in [0.1, 0.15) is 17.4 Å². The van der Waals surface area contributed by atoms with Crippen molar-refractivity contribution in [2.24, 2.45) is 0 Å². The number of anilines is 1. The highest BCUT2D eigenvalue weighted by molar-refractivity contribution is 7.89. The third-order valence-electron chi connectivity index (χ3n) is 3.70. The maximum Gasteiger partial charge on any atom is 0.262 e. The van der Waals surface area contributed by atoms with Gasteiger partial charge in [-0.15, -0.1) is 0 Å². The zero-order chi connectivity index (χ0) is 18.2. The van der Waals surface area contributed by atoms with Crippen LogP contribution in [-0.4, -0.2) is 32.3 Å². The molecule has 0 fully saturated rings. The van der Waals surface area contributed by atoms with Gasteiger partial charge in [0.2, 0.25) is 10.0 Å². The first-order valence-corrected chi connectivity index (χ1v) is 8.68. The fraction of sp³-hybridized carbons (Fsp3) is 0.188. The van der Waals surface area contributed by atoms with Crippen LogP contribution >= 0.6 is 0 Å². The van der Waals surface area contributed by atoms with Crippen molar-refractivity contribution in [3.63, 3.8) is 0 Å². The highest BCUT2D eigenvalue weighted by atomic mass is 32.2. The number of nitrogens with zero attached hydrogens (tertiary/aromatic N) is 1. The van der Waals surface area contributed by atoms with Gasteiger partial charge in [-0.1, -0.05) is 6.07 Å². The lowest BCUT2D eigenvalue weighted by Gasteiger charge is -2.21. The van der Waals surface area contributed by atoms with Gasteiger partial charge in [0.25, 0.3) is 5.91 Å². The van der Waals surface area contributed by atoms with Gasteiger partial charge in [-0.3, -0.25) is 4.79 Å². The topological polar surface area (TPSA) is 75.7 Å². The lowest BCUT2D eigenvalue weighted by Crippen LogP contribution is -2.28. The quantitative estimate of drug-likeness (QED) is 0.897. The number of benzene rings is 2. The first kappa shape index (κ1) is 17.3. The van der Waals surface area contributed by atoms with E-state index in [2.05, 4.69) is 5.32 Å². The zero-order valence-electron chi connectivity index (χ0n) is 13.1. The molecule has 1 heterocycles. The van der Waals surface area contributed by atoms with Gasteiger partial charge < -0.3 is 10.1 Å². The van der Waals surface area contributed by atoms with E-state index in [1.807, 2.05) is 0 Å². The van der Waals surface area contributed by atoms with Crippen LogP contribution in [0.3, 0.4) is 0 Å². The predicted molar refractivity (Wildman–Crippen MR) is 85.6 cm³/mol. The third-order valence-corrected chi connectivity index (χ3v) is 5.50. The fourth-order valence-electron chi connectivity index (χ4n) is 2.38. The van der Waals surface area contributed by atoms with E-state index in [0.29, 0.717) is 11.8 Å². The van der Waals surface area contributed by atoms with Crippen molar-refractivity contribution in [3.8, 4) is 5.75 Å². The molecule has 0 atom stereocenters. The molecule has 1 amide bonds. The van der Waals surface area contributed by atoms with E-state index < -0.39 is 21.7 Å². The number of hydrogen-bond donors (Lipinski definition) is 1. The van der Waals surface area contributed by atoms with Crippen molar-refractivity contribution >= 4 is 21.6 Å². The van der Waals surface area contributed by atoms with Crippen LogP contribution in [-0.2, 0) is 21.4 Å². The molecule has 25 heavy (non-hydrogen) atoms. The van der Waals surface area contributed by atoms with Crippen LogP contribution < -0.4 is 10.1 Å². The fourth-order valence-corrected chi connectivity index (χ4v) is 3.55. The van der Waals surface area contributed by atoms with E-state index in [-0.39, 0.29) is 35.2 Å². The average Bonchev–Trinajstić information content (AvgIpc) is 2.56. The maximum atomic E-state index is 13.7. The molecule has 2 aromatic carbocycles. The second-order valence-corrected chi connectivity index (χ2v) is 7.54. The number of ether oxygens (including phenoxy) is 1. The molecule has 0 unspecified atom stereocenters. The predicted octanol–water partition coefficient (Wildman–Crippen LogP) is 2.12. The van der Waals surface area contributed by atoms with Crippen molar-refractivity contribution in [2.45, 2.75) is 11.4 Å². The Labute approximate surface area is 143 Å². The minimum absolute atomic E-state index is 0.0436. The van der Waals surface area contributed by atoms with Crippen molar-refractivity contribution < 1.29 is 26.7 Å². The largest absolute Gasteiger partial charge is 0.482 e. The number of carbonyl (C=O) groups is 1. The summed E-state index contributed by atoms with van der Waals surface area (Å²) in [4.78, 5) is 11.3. The molecule has 3 rings (SSSR count). The minimum atomic E-state index is -3.95. The van der Waals surface area contributed by atoms with Gasteiger partial charge in [0, 0.05) is 25.2 Å². The van der Waals surface area contributed by atoms with E-state index in [1.165, 1.54) is 31.3 Å². The molecule has 6 nitrogen and oxygen atoms in total. The number of fused-ring (bicyclic) bond motifs is 1. The molecule has 1 aliphatic rings. The summed E-state index contributed by atoms with van der Waals surface area (Å²) in [6, 6.07) is 7.00. The maximum absolute atomic E-state index is 13.7. The van der Waals surface area contributed by atoms with E-state index in [0.717, 1.165) is 10.4 Å². The molecule has 0 saturated heterocycles. The van der Waals surface area contributed by atoms with Crippen LogP contribution in [0, 0.1) is 11.6 Å². The molecular formula is C16H14F2N2O4S. The summed E-state index contributed by atoms with van der Waals surface area (Å²) in [6.45, 7) is -0.406. The molecule has 0 aliphatic carbocycles. The Morgan fingerprint density at radius 3 is 2.68 bits per heavy atom. The number of nitrogens with one attached hydrogen (secondary N) is 1. The Kier molecular flexibility index (Phi) is 4.44. The first-order chi connectivity index (χ1) is 11.8. The molecule has 2 aromatic rings. The molecule has 1 N–H and O–H groups in total. The summed E-state index contributed by atoms with van der Waals surface area (Å²) in [5.74, 6) is -1.58. The van der Waals surface area contributed by atoms with Crippen LogP contribution in [0.25, 0.3) is 0 Å². The number of halogens is 2. The lowest BCUT2D eigenvalue weighted by molar-refractivity contribution is -0.118. The normalized spacial score (nSPS) is 14.0. The number of hydrogen-bond acceptors (Lipinski definition) is 4.